The molecule has 2 bridgehead atoms. The molecule has 0 radical (unpaired) electrons. The molecule has 6 nitrogen and oxygen atoms in total. The summed E-state index contributed by atoms with van der Waals surface area (Å²) >= 11 is 4.72. The Labute approximate surface area is 161 Å². The predicted molar refractivity (Wildman–Crippen MR) is 99.5 cm³/mol. The van der Waals surface area contributed by atoms with E-state index in [0.29, 0.717) is 16.9 Å². The van der Waals surface area contributed by atoms with Gasteiger partial charge in [0.25, 0.3) is 0 Å². The van der Waals surface area contributed by atoms with E-state index in [9.17, 15) is 14.9 Å². The minimum atomic E-state index is -1.80. The van der Waals surface area contributed by atoms with E-state index in [1.807, 2.05) is 24.3 Å². The maximum absolute atomic E-state index is 12.9. The standard InChI is InChI=1S/C18H13BrN2O4S/c1-16-14-12-9-11(19)7-8-13(12)25-18(14,21(23)24)17(26-16,20-15(16)22)10-5-3-2-4-6-10/h2-9,14H,1H3,(H,20,22)/t14-,16+,17-,18-/m1/s1. The Kier molecular flexibility index (Phi) is 2.98. The van der Waals surface area contributed by atoms with Crippen molar-refractivity contribution in [1.29, 1.82) is 0 Å². The van der Waals surface area contributed by atoms with Crippen LogP contribution < -0.4 is 10.1 Å². The summed E-state index contributed by atoms with van der Waals surface area (Å²) < 4.78 is 5.88. The molecule has 3 aliphatic rings. The van der Waals surface area contributed by atoms with Gasteiger partial charge in [-0.2, -0.15) is 0 Å². The van der Waals surface area contributed by atoms with Crippen LogP contribution in [0.1, 0.15) is 24.0 Å². The lowest BCUT2D eigenvalue weighted by Gasteiger charge is -2.38. The van der Waals surface area contributed by atoms with Gasteiger partial charge >= 0.3 is 5.72 Å². The summed E-state index contributed by atoms with van der Waals surface area (Å²) in [5.41, 5.74) is -0.447. The third-order valence-electron chi connectivity index (χ3n) is 5.55. The molecule has 0 aromatic heterocycles. The van der Waals surface area contributed by atoms with Crippen LogP contribution in [0.15, 0.2) is 53.0 Å². The molecule has 2 aromatic rings. The van der Waals surface area contributed by atoms with E-state index in [0.717, 1.165) is 4.47 Å². The number of thioether (sulfide) groups is 1. The van der Waals surface area contributed by atoms with Crippen LogP contribution in [-0.4, -0.2) is 21.3 Å². The molecule has 0 unspecified atom stereocenters. The molecule has 8 heteroatoms. The Morgan fingerprint density at radius 2 is 2.00 bits per heavy atom. The second-order valence-electron chi connectivity index (χ2n) is 6.88. The minimum Gasteiger partial charge on any atom is -0.424 e. The van der Waals surface area contributed by atoms with Gasteiger partial charge in [-0.3, -0.25) is 14.9 Å². The lowest BCUT2D eigenvalue weighted by molar-refractivity contribution is -0.627. The zero-order valence-corrected chi connectivity index (χ0v) is 16.0. The molecule has 3 heterocycles. The van der Waals surface area contributed by atoms with Crippen LogP contribution in [0.25, 0.3) is 0 Å². The van der Waals surface area contributed by atoms with Crippen LogP contribution in [0.5, 0.6) is 5.75 Å². The molecule has 1 N–H and O–H groups in total. The first-order valence-electron chi connectivity index (χ1n) is 8.06. The molecule has 5 rings (SSSR count). The Bertz CT molecular complexity index is 986. The lowest BCUT2D eigenvalue weighted by Crippen LogP contribution is -2.68. The number of nitrogens with one attached hydrogen (secondary N) is 1. The highest BCUT2D eigenvalue weighted by atomic mass is 79.9. The van der Waals surface area contributed by atoms with Crippen LogP contribution >= 0.6 is 27.7 Å². The maximum Gasteiger partial charge on any atom is 0.408 e. The van der Waals surface area contributed by atoms with Gasteiger partial charge in [-0.15, -0.1) is 0 Å². The molecule has 4 atom stereocenters. The number of carbonyl (C=O) groups is 1. The average molecular weight is 433 g/mol. The van der Waals surface area contributed by atoms with Crippen LogP contribution in [0.4, 0.5) is 0 Å². The Morgan fingerprint density at radius 1 is 1.27 bits per heavy atom. The van der Waals surface area contributed by atoms with E-state index < -0.39 is 21.3 Å². The number of hydrogen-bond donors (Lipinski definition) is 1. The minimum absolute atomic E-state index is 0.203. The van der Waals surface area contributed by atoms with Crippen LogP contribution in [0, 0.1) is 10.1 Å². The fourth-order valence-corrected chi connectivity index (χ4v) is 6.87. The number of hydrogen-bond acceptors (Lipinski definition) is 5. The Hall–Kier alpha value is -2.06. The van der Waals surface area contributed by atoms with Crippen molar-refractivity contribution in [2.24, 2.45) is 0 Å². The van der Waals surface area contributed by atoms with E-state index in [2.05, 4.69) is 21.2 Å². The topological polar surface area (TPSA) is 81.5 Å². The summed E-state index contributed by atoms with van der Waals surface area (Å²) in [6.45, 7) is 1.77. The first kappa shape index (κ1) is 16.1. The van der Waals surface area contributed by atoms with Crippen LogP contribution in [0.3, 0.4) is 0 Å². The molecule has 0 spiro atoms. The number of nitro groups is 1. The zero-order valence-electron chi connectivity index (χ0n) is 13.6. The van der Waals surface area contributed by atoms with Crippen molar-refractivity contribution in [2.75, 3.05) is 0 Å². The second kappa shape index (κ2) is 4.80. The summed E-state index contributed by atoms with van der Waals surface area (Å²) in [5, 5.41) is 15.4. The van der Waals surface area contributed by atoms with Gasteiger partial charge in [-0.05, 0) is 30.7 Å². The third-order valence-corrected chi connectivity index (χ3v) is 7.83. The van der Waals surface area contributed by atoms with Gasteiger partial charge in [0.15, 0.2) is 0 Å². The van der Waals surface area contributed by atoms with Crippen molar-refractivity contribution in [3.05, 3.63) is 74.2 Å². The van der Waals surface area contributed by atoms with Crippen molar-refractivity contribution >= 4 is 33.6 Å². The fourth-order valence-electron chi connectivity index (χ4n) is 4.53. The fraction of sp³-hybridized carbons (Fsp3) is 0.278. The molecule has 2 saturated heterocycles. The quantitative estimate of drug-likeness (QED) is 0.580. The normalized spacial score (nSPS) is 36.2. The van der Waals surface area contributed by atoms with Gasteiger partial charge in [0.1, 0.15) is 16.4 Å². The highest BCUT2D eigenvalue weighted by Crippen LogP contribution is 2.74. The monoisotopic (exact) mass is 432 g/mol. The number of carbonyl (C=O) groups excluding carboxylic acids is 1. The molecule has 2 aromatic carbocycles. The summed E-state index contributed by atoms with van der Waals surface area (Å²) in [6, 6.07) is 14.4. The third kappa shape index (κ3) is 1.58. The average Bonchev–Trinajstić information content (AvgIpc) is 3.18. The first-order valence-corrected chi connectivity index (χ1v) is 9.67. The predicted octanol–water partition coefficient (Wildman–Crippen LogP) is 3.39. The molecule has 0 aliphatic carbocycles. The number of rotatable bonds is 2. The summed E-state index contributed by atoms with van der Waals surface area (Å²) in [4.78, 5) is 23.7. The zero-order chi connectivity index (χ0) is 18.3. The Balaban J connectivity index is 1.85. The number of piperidine rings is 1. The van der Waals surface area contributed by atoms with Gasteiger partial charge in [-0.25, -0.2) is 0 Å². The number of amides is 1. The van der Waals surface area contributed by atoms with Gasteiger partial charge in [0, 0.05) is 10.0 Å². The highest BCUT2D eigenvalue weighted by molar-refractivity contribution is 9.10. The summed E-state index contributed by atoms with van der Waals surface area (Å²) in [7, 11) is 0. The van der Waals surface area contributed by atoms with E-state index in [-0.39, 0.29) is 10.8 Å². The molecule has 26 heavy (non-hydrogen) atoms. The SMILES string of the molecule is C[C@@]12S[C@@](c3ccccc3)(NC1=O)[C@]1([N+](=O)[O-])Oc3ccc(Br)cc3[C@H]21. The Morgan fingerprint density at radius 3 is 2.69 bits per heavy atom. The van der Waals surface area contributed by atoms with Crippen molar-refractivity contribution in [1.82, 2.24) is 5.32 Å². The number of benzene rings is 2. The van der Waals surface area contributed by atoms with Crippen LogP contribution in [0.2, 0.25) is 0 Å². The molecule has 1 amide bonds. The van der Waals surface area contributed by atoms with Crippen molar-refractivity contribution in [3.63, 3.8) is 0 Å². The molecular weight excluding hydrogens is 420 g/mol. The van der Waals surface area contributed by atoms with E-state index in [1.165, 1.54) is 11.8 Å². The second-order valence-corrected chi connectivity index (χ2v) is 9.46. The molecular formula is C18H13BrN2O4S. The number of fused-ring (bicyclic) bond motifs is 7. The molecule has 132 valence electrons. The summed E-state index contributed by atoms with van der Waals surface area (Å²) in [6.07, 6.45) is 0. The van der Waals surface area contributed by atoms with Gasteiger partial charge < -0.3 is 10.1 Å². The largest absolute Gasteiger partial charge is 0.424 e. The number of ether oxygens (including phenoxy) is 1. The van der Waals surface area contributed by atoms with E-state index in [4.69, 9.17) is 4.74 Å². The summed E-state index contributed by atoms with van der Waals surface area (Å²) in [5.74, 6) is -0.444. The maximum atomic E-state index is 12.9. The molecule has 2 fully saturated rings. The van der Waals surface area contributed by atoms with Crippen LogP contribution in [-0.2, 0) is 9.67 Å². The highest BCUT2D eigenvalue weighted by Gasteiger charge is 2.89. The van der Waals surface area contributed by atoms with Gasteiger partial charge in [0.2, 0.25) is 10.8 Å². The molecule has 3 aliphatic heterocycles. The number of nitrogens with zero attached hydrogens (tertiary/aromatic N) is 1. The lowest BCUT2D eigenvalue weighted by atomic mass is 9.72. The smallest absolute Gasteiger partial charge is 0.408 e. The van der Waals surface area contributed by atoms with Gasteiger partial charge in [-0.1, -0.05) is 58.0 Å². The number of halogens is 1. The van der Waals surface area contributed by atoms with Crippen molar-refractivity contribution in [3.8, 4) is 5.75 Å². The first-order chi connectivity index (χ1) is 12.3. The van der Waals surface area contributed by atoms with E-state index in [1.54, 1.807) is 31.2 Å². The van der Waals surface area contributed by atoms with Crippen molar-refractivity contribution in [2.45, 2.75) is 28.2 Å². The van der Waals surface area contributed by atoms with E-state index >= 15 is 0 Å². The van der Waals surface area contributed by atoms with Gasteiger partial charge in [0.05, 0.1) is 4.92 Å². The molecule has 0 saturated carbocycles. The van der Waals surface area contributed by atoms with Crippen molar-refractivity contribution < 1.29 is 14.5 Å².